The van der Waals surface area contributed by atoms with Gasteiger partial charge in [-0.2, -0.15) is 0 Å². The van der Waals surface area contributed by atoms with Crippen LogP contribution in [0.3, 0.4) is 0 Å². The molecule has 0 amide bonds. The standard InChI is InChI=1S/C9H7N3O4.C5H5N/c1-5-9(10-5)7-3-2-6(11(13)14)4-8(7)12(15)16;1-2-4-6-5-3-1/h2-4,9H,1H3;1-5H. The number of aliphatic imine (C=N–C) groups is 1. The Kier molecular flexibility index (Phi) is 4.52. The van der Waals surface area contributed by atoms with E-state index in [-0.39, 0.29) is 17.4 Å². The van der Waals surface area contributed by atoms with Crippen LogP contribution in [-0.4, -0.2) is 20.5 Å². The summed E-state index contributed by atoms with van der Waals surface area (Å²) in [5, 5.41) is 21.3. The van der Waals surface area contributed by atoms with E-state index in [0.717, 1.165) is 11.8 Å². The predicted molar refractivity (Wildman–Crippen MR) is 79.8 cm³/mol. The van der Waals surface area contributed by atoms with Crippen molar-refractivity contribution in [2.45, 2.75) is 13.0 Å². The Morgan fingerprint density at radius 1 is 1.05 bits per heavy atom. The number of rotatable bonds is 3. The summed E-state index contributed by atoms with van der Waals surface area (Å²) in [5.41, 5.74) is 0.679. The first-order valence-corrected chi connectivity index (χ1v) is 6.32. The summed E-state index contributed by atoms with van der Waals surface area (Å²) in [6, 6.07) is 9.05. The summed E-state index contributed by atoms with van der Waals surface area (Å²) < 4.78 is 0. The molecule has 1 aromatic carbocycles. The summed E-state index contributed by atoms with van der Waals surface area (Å²) in [5.74, 6) is 0. The Balaban J connectivity index is 0.000000246. The van der Waals surface area contributed by atoms with Crippen LogP contribution >= 0.6 is 0 Å². The number of nitro groups is 2. The Labute approximate surface area is 125 Å². The summed E-state index contributed by atoms with van der Waals surface area (Å²) >= 11 is 0. The molecule has 0 fully saturated rings. The van der Waals surface area contributed by atoms with E-state index in [1.165, 1.54) is 12.1 Å². The summed E-state index contributed by atoms with van der Waals surface area (Å²) in [7, 11) is 0. The number of nitro benzene ring substituents is 2. The van der Waals surface area contributed by atoms with Gasteiger partial charge < -0.3 is 0 Å². The molecule has 2 aromatic rings. The van der Waals surface area contributed by atoms with E-state index in [4.69, 9.17) is 0 Å². The van der Waals surface area contributed by atoms with Crippen LogP contribution in [0.4, 0.5) is 11.4 Å². The molecule has 0 N–H and O–H groups in total. The molecular formula is C14H12N4O4. The normalized spacial score (nSPS) is 15.1. The first-order valence-electron chi connectivity index (χ1n) is 6.32. The lowest BCUT2D eigenvalue weighted by molar-refractivity contribution is -0.394. The first kappa shape index (κ1) is 15.2. The van der Waals surface area contributed by atoms with Crippen LogP contribution in [0.15, 0.2) is 53.8 Å². The highest BCUT2D eigenvalue weighted by Crippen LogP contribution is 2.38. The van der Waals surface area contributed by atoms with Crippen LogP contribution in [0.25, 0.3) is 0 Å². The van der Waals surface area contributed by atoms with Gasteiger partial charge in [0.1, 0.15) is 6.04 Å². The van der Waals surface area contributed by atoms with Crippen LogP contribution in [-0.2, 0) is 0 Å². The van der Waals surface area contributed by atoms with E-state index in [2.05, 4.69) is 9.98 Å². The van der Waals surface area contributed by atoms with E-state index < -0.39 is 9.85 Å². The maximum Gasteiger partial charge on any atom is 0.282 e. The molecule has 0 radical (unpaired) electrons. The second-order valence-electron chi connectivity index (χ2n) is 4.45. The fourth-order valence-electron chi connectivity index (χ4n) is 1.81. The number of hydrogen-bond acceptors (Lipinski definition) is 6. The highest BCUT2D eigenvalue weighted by atomic mass is 16.6. The van der Waals surface area contributed by atoms with E-state index in [1.54, 1.807) is 19.3 Å². The minimum atomic E-state index is -0.655. The van der Waals surface area contributed by atoms with Crippen LogP contribution in [0.1, 0.15) is 18.5 Å². The van der Waals surface area contributed by atoms with Gasteiger partial charge in [0, 0.05) is 24.2 Å². The molecule has 0 aliphatic carbocycles. The highest BCUT2D eigenvalue weighted by molar-refractivity contribution is 6.00. The molecule has 112 valence electrons. The molecule has 0 saturated carbocycles. The Morgan fingerprint density at radius 2 is 1.68 bits per heavy atom. The number of benzene rings is 1. The summed E-state index contributed by atoms with van der Waals surface area (Å²) in [4.78, 5) is 27.8. The third-order valence-corrected chi connectivity index (χ3v) is 2.94. The van der Waals surface area contributed by atoms with Crippen LogP contribution in [0, 0.1) is 20.2 Å². The molecule has 2 heterocycles. The molecule has 1 unspecified atom stereocenters. The average molecular weight is 300 g/mol. The number of nitrogens with zero attached hydrogens (tertiary/aromatic N) is 4. The quantitative estimate of drug-likeness (QED) is 0.638. The zero-order chi connectivity index (χ0) is 16.1. The lowest BCUT2D eigenvalue weighted by Crippen LogP contribution is -1.98. The van der Waals surface area contributed by atoms with Gasteiger partial charge in [0.15, 0.2) is 0 Å². The molecule has 0 spiro atoms. The minimum absolute atomic E-state index is 0.250. The third kappa shape index (κ3) is 3.69. The van der Waals surface area contributed by atoms with Crippen molar-refractivity contribution >= 4 is 17.1 Å². The predicted octanol–water partition coefficient (Wildman–Crippen LogP) is 3.10. The van der Waals surface area contributed by atoms with Gasteiger partial charge in [-0.3, -0.25) is 30.2 Å². The fourth-order valence-corrected chi connectivity index (χ4v) is 1.81. The number of hydrogen-bond donors (Lipinski definition) is 0. The second-order valence-corrected chi connectivity index (χ2v) is 4.45. The zero-order valence-electron chi connectivity index (χ0n) is 11.6. The van der Waals surface area contributed by atoms with Crippen molar-refractivity contribution in [1.29, 1.82) is 0 Å². The van der Waals surface area contributed by atoms with Gasteiger partial charge in [0.05, 0.1) is 21.5 Å². The number of non-ortho nitro benzene ring substituents is 1. The van der Waals surface area contributed by atoms with Crippen molar-refractivity contribution < 1.29 is 9.85 Å². The molecule has 22 heavy (non-hydrogen) atoms. The highest BCUT2D eigenvalue weighted by Gasteiger charge is 2.32. The van der Waals surface area contributed by atoms with Gasteiger partial charge in [0.25, 0.3) is 11.4 Å². The molecule has 3 rings (SSSR count). The van der Waals surface area contributed by atoms with E-state index >= 15 is 0 Å². The maximum atomic E-state index is 10.8. The number of aromatic nitrogens is 1. The average Bonchev–Trinajstić information content (AvgIpc) is 3.25. The van der Waals surface area contributed by atoms with Crippen LogP contribution < -0.4 is 0 Å². The third-order valence-electron chi connectivity index (χ3n) is 2.94. The zero-order valence-corrected chi connectivity index (χ0v) is 11.6. The lowest BCUT2D eigenvalue weighted by atomic mass is 10.1. The topological polar surface area (TPSA) is 112 Å². The van der Waals surface area contributed by atoms with Crippen molar-refractivity contribution in [3.8, 4) is 0 Å². The van der Waals surface area contributed by atoms with Crippen molar-refractivity contribution in [3.63, 3.8) is 0 Å². The summed E-state index contributed by atoms with van der Waals surface area (Å²) in [6.07, 6.45) is 3.50. The second kappa shape index (κ2) is 6.53. The van der Waals surface area contributed by atoms with Gasteiger partial charge in [0.2, 0.25) is 0 Å². The van der Waals surface area contributed by atoms with Gasteiger partial charge in [-0.05, 0) is 25.1 Å². The molecule has 0 saturated heterocycles. The number of pyridine rings is 1. The van der Waals surface area contributed by atoms with Crippen molar-refractivity contribution in [3.05, 3.63) is 74.6 Å². The fraction of sp³-hybridized carbons (Fsp3) is 0.143. The molecular weight excluding hydrogens is 288 g/mol. The Hall–Kier alpha value is -3.16. The molecule has 8 heteroatoms. The van der Waals surface area contributed by atoms with Gasteiger partial charge in [-0.25, -0.2) is 0 Å². The van der Waals surface area contributed by atoms with E-state index in [0.29, 0.717) is 5.56 Å². The van der Waals surface area contributed by atoms with Crippen LogP contribution in [0.2, 0.25) is 0 Å². The van der Waals surface area contributed by atoms with E-state index in [1.807, 2.05) is 18.2 Å². The van der Waals surface area contributed by atoms with Gasteiger partial charge in [-0.15, -0.1) is 0 Å². The molecule has 8 nitrogen and oxygen atoms in total. The molecule has 0 bridgehead atoms. The monoisotopic (exact) mass is 300 g/mol. The smallest absolute Gasteiger partial charge is 0.277 e. The first-order chi connectivity index (χ1) is 10.5. The maximum absolute atomic E-state index is 10.8. The SMILES string of the molecule is CC1=NC1c1ccc([N+](=O)[O-])cc1[N+](=O)[O-].c1ccncc1. The van der Waals surface area contributed by atoms with Gasteiger partial charge >= 0.3 is 0 Å². The van der Waals surface area contributed by atoms with E-state index in [9.17, 15) is 20.2 Å². The largest absolute Gasteiger partial charge is 0.282 e. The van der Waals surface area contributed by atoms with Gasteiger partial charge in [-0.1, -0.05) is 6.07 Å². The molecule has 1 aliphatic rings. The Morgan fingerprint density at radius 3 is 2.05 bits per heavy atom. The minimum Gasteiger partial charge on any atom is -0.277 e. The van der Waals surface area contributed by atoms with Crippen LogP contribution in [0.5, 0.6) is 0 Å². The molecule has 1 atom stereocenters. The Bertz CT molecular complexity index is 704. The van der Waals surface area contributed by atoms with Crippen molar-refractivity contribution in [2.75, 3.05) is 0 Å². The summed E-state index contributed by atoms with van der Waals surface area (Å²) in [6.45, 7) is 1.76. The van der Waals surface area contributed by atoms with Crippen molar-refractivity contribution in [1.82, 2.24) is 4.98 Å². The molecule has 1 aromatic heterocycles. The molecule has 1 aliphatic heterocycles. The lowest BCUT2D eigenvalue weighted by Gasteiger charge is -1.99. The van der Waals surface area contributed by atoms with Crippen molar-refractivity contribution in [2.24, 2.45) is 4.99 Å².